The molecule has 1 aliphatic heterocycles. The van der Waals surface area contributed by atoms with E-state index in [0.717, 1.165) is 52.5 Å². The number of carbonyl (C=O) groups is 1. The highest BCUT2D eigenvalue weighted by Gasteiger charge is 2.30. The van der Waals surface area contributed by atoms with Crippen LogP contribution in [0.4, 0.5) is 0 Å². The van der Waals surface area contributed by atoms with E-state index in [1.807, 2.05) is 12.1 Å². The van der Waals surface area contributed by atoms with Crippen LogP contribution in [-0.4, -0.2) is 33.8 Å². The molecule has 0 aliphatic carbocycles. The quantitative estimate of drug-likeness (QED) is 0.422. The number of halogens is 1. The number of pyridine rings is 1. The summed E-state index contributed by atoms with van der Waals surface area (Å²) in [7, 11) is 0. The Hall–Kier alpha value is -2.70. The lowest BCUT2D eigenvalue weighted by atomic mass is 9.86. The van der Waals surface area contributed by atoms with E-state index in [0.29, 0.717) is 5.92 Å². The van der Waals surface area contributed by atoms with E-state index in [1.165, 1.54) is 11.8 Å². The van der Waals surface area contributed by atoms with Gasteiger partial charge in [0.2, 0.25) is 0 Å². The van der Waals surface area contributed by atoms with Crippen molar-refractivity contribution in [3.63, 3.8) is 0 Å². The third kappa shape index (κ3) is 3.30. The van der Waals surface area contributed by atoms with Crippen LogP contribution in [0.5, 0.6) is 0 Å². The summed E-state index contributed by atoms with van der Waals surface area (Å²) in [5, 5.41) is 10.6. The number of rotatable bonds is 4. The molecule has 1 unspecified atom stereocenters. The minimum absolute atomic E-state index is 0.0650. The molecule has 4 aromatic rings. The molecule has 1 N–H and O–H groups in total. The third-order valence-corrected chi connectivity index (χ3v) is 6.47. The number of carboxylic acids is 1. The van der Waals surface area contributed by atoms with Gasteiger partial charge in [-0.3, -0.25) is 4.98 Å². The lowest BCUT2D eigenvalue weighted by Crippen LogP contribution is -2.27. The van der Waals surface area contributed by atoms with Crippen LogP contribution in [0.1, 0.15) is 34.8 Å². The predicted molar refractivity (Wildman–Crippen MR) is 120 cm³/mol. The average Bonchev–Trinajstić information content (AvgIpc) is 3.08. The maximum absolute atomic E-state index is 11.7. The van der Waals surface area contributed by atoms with Crippen LogP contribution in [0.25, 0.3) is 21.9 Å². The topological polar surface area (TPSA) is 64.3 Å². The molecule has 1 fully saturated rings. The Bertz CT molecular complexity index is 1230. The molecule has 0 amide bonds. The van der Waals surface area contributed by atoms with Gasteiger partial charge < -0.3 is 14.4 Å². The Morgan fingerprint density at radius 2 is 1.87 bits per heavy atom. The number of aromatic carboxylic acids is 1. The Morgan fingerprint density at radius 3 is 2.60 bits per heavy atom. The van der Waals surface area contributed by atoms with Crippen molar-refractivity contribution in [1.82, 2.24) is 9.55 Å². The van der Waals surface area contributed by atoms with Crippen molar-refractivity contribution in [1.29, 1.82) is 0 Å². The van der Waals surface area contributed by atoms with Crippen LogP contribution in [0.15, 0.2) is 65.3 Å². The van der Waals surface area contributed by atoms with Crippen molar-refractivity contribution in [2.45, 2.75) is 18.9 Å². The number of nitrogens with zero attached hydrogens (tertiary/aromatic N) is 2. The zero-order chi connectivity index (χ0) is 20.7. The minimum atomic E-state index is -0.968. The molecule has 5 nitrogen and oxygen atoms in total. The molecular weight excluding hydrogens is 444 g/mol. The van der Waals surface area contributed by atoms with E-state index in [9.17, 15) is 9.90 Å². The molecule has 1 aliphatic rings. The van der Waals surface area contributed by atoms with E-state index < -0.39 is 5.97 Å². The zero-order valence-electron chi connectivity index (χ0n) is 16.3. The number of hydrogen-bond acceptors (Lipinski definition) is 3. The first-order valence-electron chi connectivity index (χ1n) is 10.1. The summed E-state index contributed by atoms with van der Waals surface area (Å²) in [5.74, 6) is -0.586. The van der Waals surface area contributed by atoms with E-state index in [2.05, 4.69) is 61.9 Å². The summed E-state index contributed by atoms with van der Waals surface area (Å²) in [5.41, 5.74) is 4.14. The van der Waals surface area contributed by atoms with Crippen molar-refractivity contribution in [3.05, 3.63) is 76.4 Å². The zero-order valence-corrected chi connectivity index (χ0v) is 17.9. The van der Waals surface area contributed by atoms with Gasteiger partial charge in [-0.2, -0.15) is 0 Å². The Balaban J connectivity index is 1.85. The molecule has 2 aromatic carbocycles. The first-order chi connectivity index (χ1) is 14.6. The molecule has 0 saturated carbocycles. The third-order valence-electron chi connectivity index (χ3n) is 5.98. The maximum atomic E-state index is 11.7. The molecule has 1 saturated heterocycles. The molecule has 2 aromatic heterocycles. The second-order valence-electron chi connectivity index (χ2n) is 7.73. The fourth-order valence-electron chi connectivity index (χ4n) is 4.61. The van der Waals surface area contributed by atoms with Crippen LogP contribution in [0.3, 0.4) is 0 Å². The first kappa shape index (κ1) is 19.3. The van der Waals surface area contributed by atoms with Crippen molar-refractivity contribution in [2.75, 3.05) is 13.2 Å². The van der Waals surface area contributed by atoms with Crippen LogP contribution in [-0.2, 0) is 4.74 Å². The lowest BCUT2D eigenvalue weighted by Gasteiger charge is -2.33. The standard InChI is InChI=1S/C24H21BrN2O3/c25-18-6-7-19-20(13-18)27(21-12-17(24(28)29)14-26-22(19)21)23(15-4-2-1-3-5-15)16-8-10-30-11-9-16/h1-7,12-14,16,23H,8-11H2,(H,28,29). The SMILES string of the molecule is O=C(O)c1cnc2c3ccc(Br)cc3n(C(c3ccccc3)C3CCOCC3)c2c1. The van der Waals surface area contributed by atoms with Gasteiger partial charge >= 0.3 is 5.97 Å². The summed E-state index contributed by atoms with van der Waals surface area (Å²) in [4.78, 5) is 16.3. The average molecular weight is 465 g/mol. The summed E-state index contributed by atoms with van der Waals surface area (Å²) in [6, 6.07) is 18.4. The van der Waals surface area contributed by atoms with Crippen molar-refractivity contribution in [3.8, 4) is 0 Å². The number of benzene rings is 2. The second-order valence-corrected chi connectivity index (χ2v) is 8.65. The summed E-state index contributed by atoms with van der Waals surface area (Å²) >= 11 is 3.62. The highest BCUT2D eigenvalue weighted by atomic mass is 79.9. The molecule has 0 spiro atoms. The molecule has 3 heterocycles. The second kappa shape index (κ2) is 7.85. The van der Waals surface area contributed by atoms with E-state index >= 15 is 0 Å². The number of carboxylic acid groups (broad SMARTS) is 1. The minimum Gasteiger partial charge on any atom is -0.478 e. The molecule has 1 atom stereocenters. The van der Waals surface area contributed by atoms with Crippen molar-refractivity contribution >= 4 is 43.8 Å². The smallest absolute Gasteiger partial charge is 0.337 e. The van der Waals surface area contributed by atoms with Gasteiger partial charge in [0.25, 0.3) is 0 Å². The van der Waals surface area contributed by atoms with E-state index in [1.54, 1.807) is 6.07 Å². The van der Waals surface area contributed by atoms with Gasteiger partial charge in [-0.05, 0) is 48.6 Å². The fourth-order valence-corrected chi connectivity index (χ4v) is 4.96. The summed E-state index contributed by atoms with van der Waals surface area (Å²) < 4.78 is 8.92. The number of hydrogen-bond donors (Lipinski definition) is 1. The highest BCUT2D eigenvalue weighted by molar-refractivity contribution is 9.10. The maximum Gasteiger partial charge on any atom is 0.337 e. The fraction of sp³-hybridized carbons (Fsp3) is 0.250. The van der Waals surface area contributed by atoms with Gasteiger partial charge in [-0.15, -0.1) is 0 Å². The molecule has 6 heteroatoms. The van der Waals surface area contributed by atoms with Gasteiger partial charge in [-0.1, -0.05) is 46.3 Å². The highest BCUT2D eigenvalue weighted by Crippen LogP contribution is 2.40. The molecular formula is C24H21BrN2O3. The van der Waals surface area contributed by atoms with Crippen molar-refractivity contribution < 1.29 is 14.6 Å². The monoisotopic (exact) mass is 464 g/mol. The molecule has 0 bridgehead atoms. The largest absolute Gasteiger partial charge is 0.478 e. The Morgan fingerprint density at radius 1 is 1.10 bits per heavy atom. The molecule has 152 valence electrons. The van der Waals surface area contributed by atoms with Gasteiger partial charge in [0, 0.05) is 29.3 Å². The van der Waals surface area contributed by atoms with E-state index in [4.69, 9.17) is 4.74 Å². The Kier molecular flexibility index (Phi) is 5.05. The number of fused-ring (bicyclic) bond motifs is 3. The van der Waals surface area contributed by atoms with Crippen molar-refractivity contribution in [2.24, 2.45) is 5.92 Å². The van der Waals surface area contributed by atoms with Crippen LogP contribution < -0.4 is 0 Å². The van der Waals surface area contributed by atoms with Gasteiger partial charge in [0.15, 0.2) is 0 Å². The van der Waals surface area contributed by atoms with Crippen LogP contribution in [0, 0.1) is 5.92 Å². The molecule has 0 radical (unpaired) electrons. The molecule has 30 heavy (non-hydrogen) atoms. The number of ether oxygens (including phenoxy) is 1. The number of aromatic nitrogens is 2. The van der Waals surface area contributed by atoms with Crippen LogP contribution >= 0.6 is 15.9 Å². The van der Waals surface area contributed by atoms with Crippen LogP contribution in [0.2, 0.25) is 0 Å². The van der Waals surface area contributed by atoms with Gasteiger partial charge in [-0.25, -0.2) is 4.79 Å². The summed E-state index contributed by atoms with van der Waals surface area (Å²) in [6.45, 7) is 1.49. The van der Waals surface area contributed by atoms with Gasteiger partial charge in [0.1, 0.15) is 0 Å². The first-order valence-corrected chi connectivity index (χ1v) is 10.9. The summed E-state index contributed by atoms with van der Waals surface area (Å²) in [6.07, 6.45) is 3.37. The van der Waals surface area contributed by atoms with Gasteiger partial charge in [0.05, 0.1) is 28.2 Å². The predicted octanol–water partition coefficient (Wildman–Crippen LogP) is 5.67. The molecule has 5 rings (SSSR count). The normalized spacial score (nSPS) is 16.2. The van der Waals surface area contributed by atoms with E-state index in [-0.39, 0.29) is 11.6 Å². The Labute approximate surface area is 182 Å². The lowest BCUT2D eigenvalue weighted by molar-refractivity contribution is 0.0553.